The Kier molecular flexibility index (Phi) is 11.7. The van der Waals surface area contributed by atoms with Gasteiger partial charge in [0, 0.05) is 33.0 Å². The molecule has 10 rings (SSSR count). The van der Waals surface area contributed by atoms with Crippen molar-refractivity contribution < 1.29 is 4.39 Å². The zero-order valence-electron chi connectivity index (χ0n) is 36.0. The molecule has 0 aliphatic carbocycles. The number of rotatable bonds is 7. The van der Waals surface area contributed by atoms with Crippen molar-refractivity contribution in [3.05, 3.63) is 217 Å². The number of aromatic nitrogens is 4. The van der Waals surface area contributed by atoms with Crippen molar-refractivity contribution in [3.8, 4) is 97.5 Å². The summed E-state index contributed by atoms with van der Waals surface area (Å²) in [7, 11) is 0. The number of halogens is 1. The van der Waals surface area contributed by atoms with E-state index >= 15 is 4.39 Å². The van der Waals surface area contributed by atoms with E-state index in [0.717, 1.165) is 44.1 Å². The molecule has 8 aromatic carbocycles. The predicted octanol–water partition coefficient (Wildman–Crippen LogP) is 13.8. The van der Waals surface area contributed by atoms with E-state index in [1.807, 2.05) is 122 Å². The highest BCUT2D eigenvalue weighted by Crippen LogP contribution is 2.42. The van der Waals surface area contributed by atoms with Crippen LogP contribution in [-0.4, -0.2) is 19.5 Å². The van der Waals surface area contributed by atoms with Crippen molar-refractivity contribution in [2.75, 3.05) is 0 Å². The van der Waals surface area contributed by atoms with Crippen LogP contribution in [0, 0.1) is 51.1 Å². The molecule has 67 heavy (non-hydrogen) atoms. The summed E-state index contributed by atoms with van der Waals surface area (Å²) in [6.07, 6.45) is 1.75. The predicted molar refractivity (Wildman–Crippen MR) is 261 cm³/mol. The van der Waals surface area contributed by atoms with Gasteiger partial charge in [-0.2, -0.15) is 21.0 Å². The molecule has 0 amide bonds. The van der Waals surface area contributed by atoms with Crippen LogP contribution < -0.4 is 0 Å². The molecule has 0 spiro atoms. The molecule has 0 aliphatic rings. The van der Waals surface area contributed by atoms with E-state index in [2.05, 4.69) is 35.4 Å². The molecule has 0 N–H and O–H groups in total. The van der Waals surface area contributed by atoms with Crippen LogP contribution in [0.25, 0.3) is 95.0 Å². The molecular weight excluding hydrogens is 828 g/mol. The van der Waals surface area contributed by atoms with Crippen LogP contribution in [0.4, 0.5) is 4.39 Å². The molecule has 2 aromatic heterocycles. The first kappa shape index (κ1) is 42.5. The maximum atomic E-state index is 15.8. The Bertz CT molecular complexity index is 3540. The van der Waals surface area contributed by atoms with Crippen molar-refractivity contribution >= 4 is 21.8 Å². The van der Waals surface area contributed by atoms with Gasteiger partial charge in [0.1, 0.15) is 5.82 Å². The maximum absolute atomic E-state index is 15.8. The van der Waals surface area contributed by atoms with Crippen LogP contribution in [0.15, 0.2) is 189 Å². The second-order valence-corrected chi connectivity index (χ2v) is 15.4. The largest absolute Gasteiger partial charge is 0.308 e. The van der Waals surface area contributed by atoms with Crippen LogP contribution in [0.5, 0.6) is 0 Å². The fourth-order valence-corrected chi connectivity index (χ4v) is 8.23. The SMILES string of the molecule is C=CC.N#Cc1ccc(-c2ccc3c4ccc(-c5ccc(C#N)cc5C#N)cc4n(-c4cc(-c5ccccc5F)ccc4-c4nc(-c5ccccc5)nc(-c5ccccc5)n4)c3c2)c(C#N)c1. The highest BCUT2D eigenvalue weighted by atomic mass is 19.1. The minimum atomic E-state index is -0.388. The Morgan fingerprint density at radius 2 is 0.881 bits per heavy atom. The fourth-order valence-electron chi connectivity index (χ4n) is 8.23. The third-order valence-electron chi connectivity index (χ3n) is 11.3. The lowest BCUT2D eigenvalue weighted by Crippen LogP contribution is -2.04. The summed E-state index contributed by atoms with van der Waals surface area (Å²) in [5.41, 5.74) is 9.58. The van der Waals surface area contributed by atoms with Gasteiger partial charge < -0.3 is 4.57 Å². The van der Waals surface area contributed by atoms with Crippen LogP contribution in [-0.2, 0) is 0 Å². The number of hydrogen-bond acceptors (Lipinski definition) is 7. The van der Waals surface area contributed by atoms with E-state index in [1.165, 1.54) is 6.07 Å². The van der Waals surface area contributed by atoms with Crippen molar-refractivity contribution in [1.82, 2.24) is 19.5 Å². The Morgan fingerprint density at radius 1 is 0.448 bits per heavy atom. The zero-order valence-corrected chi connectivity index (χ0v) is 36.0. The summed E-state index contributed by atoms with van der Waals surface area (Å²) < 4.78 is 17.9. The van der Waals surface area contributed by atoms with Gasteiger partial charge in [-0.25, -0.2) is 19.3 Å². The molecule has 0 bridgehead atoms. The van der Waals surface area contributed by atoms with Gasteiger partial charge in [0.15, 0.2) is 17.5 Å². The normalized spacial score (nSPS) is 10.5. The first-order valence-corrected chi connectivity index (χ1v) is 21.2. The first-order chi connectivity index (χ1) is 32.9. The standard InChI is InChI=1S/C55H29FN8.C3H6/c56-49-14-8-7-13-45(49)40-19-24-48(55-62-53(36-9-3-1-4-10-36)61-54(63-55)37-11-5-2-6-12-37)52(29-40)64-50-27-38(43-20-15-34(30-57)25-41(43)32-59)17-22-46(50)47-23-18-39(28-51(47)64)44-21-16-35(31-58)26-42(44)33-60;1-3-2/h1-29H;3H,1H2,2H3. The number of benzene rings is 8. The Morgan fingerprint density at radius 3 is 1.36 bits per heavy atom. The summed E-state index contributed by atoms with van der Waals surface area (Å²) in [6, 6.07) is 62.6. The molecule has 0 unspecified atom stereocenters. The Hall–Kier alpha value is -9.80. The first-order valence-electron chi connectivity index (χ1n) is 21.2. The lowest BCUT2D eigenvalue weighted by atomic mass is 9.96. The molecule has 2 heterocycles. The highest BCUT2D eigenvalue weighted by Gasteiger charge is 2.23. The summed E-state index contributed by atoms with van der Waals surface area (Å²) in [4.78, 5) is 15.2. The van der Waals surface area contributed by atoms with Gasteiger partial charge in [0.2, 0.25) is 0 Å². The molecule has 314 valence electrons. The van der Waals surface area contributed by atoms with Crippen LogP contribution >= 0.6 is 0 Å². The van der Waals surface area contributed by atoms with Crippen LogP contribution in [0.1, 0.15) is 29.2 Å². The zero-order chi connectivity index (χ0) is 46.4. The smallest absolute Gasteiger partial charge is 0.166 e. The van der Waals surface area contributed by atoms with Gasteiger partial charge in [-0.05, 0) is 89.3 Å². The number of fused-ring (bicyclic) bond motifs is 3. The molecule has 0 saturated heterocycles. The van der Waals surface area contributed by atoms with Gasteiger partial charge in [-0.1, -0.05) is 127 Å². The lowest BCUT2D eigenvalue weighted by molar-refractivity contribution is 0.631. The van der Waals surface area contributed by atoms with Crippen molar-refractivity contribution in [1.29, 1.82) is 21.0 Å². The molecule has 8 nitrogen and oxygen atoms in total. The summed E-state index contributed by atoms with van der Waals surface area (Å²) in [5, 5.41) is 41.5. The maximum Gasteiger partial charge on any atom is 0.166 e. The van der Waals surface area contributed by atoms with Gasteiger partial charge in [-0.15, -0.1) is 6.58 Å². The van der Waals surface area contributed by atoms with E-state index in [1.54, 1.807) is 60.7 Å². The van der Waals surface area contributed by atoms with Crippen molar-refractivity contribution in [3.63, 3.8) is 0 Å². The minimum Gasteiger partial charge on any atom is -0.308 e. The molecule has 0 radical (unpaired) electrons. The number of hydrogen-bond donors (Lipinski definition) is 0. The van der Waals surface area contributed by atoms with E-state index in [4.69, 9.17) is 15.0 Å². The monoisotopic (exact) mass is 862 g/mol. The average Bonchev–Trinajstić information content (AvgIpc) is 3.71. The number of nitriles is 4. The molecular formula is C58H35FN8. The summed E-state index contributed by atoms with van der Waals surface area (Å²) in [5.74, 6) is 0.925. The quantitative estimate of drug-likeness (QED) is 0.145. The Balaban J connectivity index is 0.00000183. The van der Waals surface area contributed by atoms with Gasteiger partial charge in [0.25, 0.3) is 0 Å². The van der Waals surface area contributed by atoms with E-state index in [9.17, 15) is 21.0 Å². The second kappa shape index (κ2) is 18.5. The third-order valence-corrected chi connectivity index (χ3v) is 11.3. The van der Waals surface area contributed by atoms with E-state index < -0.39 is 0 Å². The van der Waals surface area contributed by atoms with E-state index in [0.29, 0.717) is 73.2 Å². The minimum absolute atomic E-state index is 0.350. The third kappa shape index (κ3) is 8.16. The molecule has 0 atom stereocenters. The second-order valence-electron chi connectivity index (χ2n) is 15.4. The topological polar surface area (TPSA) is 139 Å². The van der Waals surface area contributed by atoms with E-state index in [-0.39, 0.29) is 5.82 Å². The fraction of sp³-hybridized carbons (Fsp3) is 0.0172. The van der Waals surface area contributed by atoms with Crippen molar-refractivity contribution in [2.45, 2.75) is 6.92 Å². The summed E-state index contributed by atoms with van der Waals surface area (Å²) in [6.45, 7) is 5.25. The van der Waals surface area contributed by atoms with Crippen molar-refractivity contribution in [2.24, 2.45) is 0 Å². The number of nitrogens with zero attached hydrogens (tertiary/aromatic N) is 8. The van der Waals surface area contributed by atoms with Crippen LogP contribution in [0.3, 0.4) is 0 Å². The molecule has 0 aliphatic heterocycles. The van der Waals surface area contributed by atoms with Gasteiger partial charge >= 0.3 is 0 Å². The molecule has 10 aromatic rings. The highest BCUT2D eigenvalue weighted by molar-refractivity contribution is 6.12. The van der Waals surface area contributed by atoms with Gasteiger partial charge in [0.05, 0.1) is 63.3 Å². The summed E-state index contributed by atoms with van der Waals surface area (Å²) >= 11 is 0. The average molecular weight is 863 g/mol. The molecule has 0 saturated carbocycles. The van der Waals surface area contributed by atoms with Gasteiger partial charge in [-0.3, -0.25) is 0 Å². The number of allylic oxidation sites excluding steroid dienone is 1. The molecule has 0 fully saturated rings. The Labute approximate surface area is 386 Å². The van der Waals surface area contributed by atoms with Crippen LogP contribution in [0.2, 0.25) is 0 Å². The lowest BCUT2D eigenvalue weighted by Gasteiger charge is -2.17. The molecule has 9 heteroatoms.